The molecule has 1 atom stereocenters. The molecule has 1 aliphatic rings. The minimum atomic E-state index is -3.01. The largest absolute Gasteiger partial charge is 0.444 e. The highest BCUT2D eigenvalue weighted by Gasteiger charge is 2.44. The van der Waals surface area contributed by atoms with Crippen molar-refractivity contribution in [1.29, 1.82) is 0 Å². The van der Waals surface area contributed by atoms with E-state index in [1.54, 1.807) is 31.5 Å². The Balaban J connectivity index is 2.33. The molecule has 0 aromatic carbocycles. The Hall–Kier alpha value is -1.62. The molecule has 1 aromatic rings. The Kier molecular flexibility index (Phi) is 5.47. The monoisotopic (exact) mass is 417 g/mol. The van der Waals surface area contributed by atoms with Gasteiger partial charge in [-0.1, -0.05) is 22.9 Å². The molecule has 8 heteroatoms. The molecule has 0 radical (unpaired) electrons. The highest BCUT2D eigenvalue weighted by Crippen LogP contribution is 2.39. The summed E-state index contributed by atoms with van der Waals surface area (Å²) in [7, 11) is 0. The topological polar surface area (TPSA) is 38.8 Å². The molecule has 1 amide bonds. The smallest absolute Gasteiger partial charge is 0.410 e. The quantitative estimate of drug-likeness (QED) is 0.621. The Bertz CT molecular complexity index is 704. The number of hydrogen-bond acceptors (Lipinski definition) is 2. The second kappa shape index (κ2) is 6.94. The number of likely N-dealkylation sites (tertiary alicyclic amines) is 1. The van der Waals surface area contributed by atoms with E-state index in [-0.39, 0.29) is 13.0 Å². The molecule has 0 N–H and O–H groups in total. The SMILES string of the molecule is [C-]#[N+]c1c(Br)cn([C@H]2CN(C(=O)OC(C)(C)C)CC(F)(F)C2)c1CC. The van der Waals surface area contributed by atoms with Crippen molar-refractivity contribution in [3.05, 3.63) is 27.8 Å². The van der Waals surface area contributed by atoms with Gasteiger partial charge in [-0.25, -0.2) is 18.4 Å². The van der Waals surface area contributed by atoms with Crippen LogP contribution in [0.15, 0.2) is 10.7 Å². The highest BCUT2D eigenvalue weighted by atomic mass is 79.9. The van der Waals surface area contributed by atoms with Gasteiger partial charge in [-0.2, -0.15) is 0 Å². The van der Waals surface area contributed by atoms with Gasteiger partial charge < -0.3 is 14.2 Å². The second-order valence-electron chi connectivity index (χ2n) is 7.22. The first-order valence-corrected chi connectivity index (χ1v) is 8.89. The van der Waals surface area contributed by atoms with E-state index in [1.165, 1.54) is 0 Å². The van der Waals surface area contributed by atoms with Crippen LogP contribution in [0.1, 0.15) is 45.9 Å². The number of amides is 1. The van der Waals surface area contributed by atoms with Gasteiger partial charge >= 0.3 is 6.09 Å². The van der Waals surface area contributed by atoms with E-state index in [9.17, 15) is 13.6 Å². The molecule has 1 aromatic heterocycles. The molecule has 0 aliphatic carbocycles. The number of carbonyl (C=O) groups excluding carboxylic acids is 1. The molecular formula is C17H22BrF2N3O2. The second-order valence-corrected chi connectivity index (χ2v) is 8.07. The van der Waals surface area contributed by atoms with E-state index in [1.807, 2.05) is 6.92 Å². The van der Waals surface area contributed by atoms with Crippen LogP contribution in [0.2, 0.25) is 0 Å². The number of halogens is 3. The zero-order valence-corrected chi connectivity index (χ0v) is 16.4. The van der Waals surface area contributed by atoms with Gasteiger partial charge in [-0.3, -0.25) is 0 Å². The Labute approximate surface area is 154 Å². The lowest BCUT2D eigenvalue weighted by molar-refractivity contribution is -0.0840. The summed E-state index contributed by atoms with van der Waals surface area (Å²) in [6.07, 6.45) is 1.08. The van der Waals surface area contributed by atoms with E-state index in [2.05, 4.69) is 20.8 Å². The van der Waals surface area contributed by atoms with Gasteiger partial charge in [0, 0.05) is 29.3 Å². The summed E-state index contributed by atoms with van der Waals surface area (Å²) in [6, 6.07) is -0.613. The molecule has 0 unspecified atom stereocenters. The predicted molar refractivity (Wildman–Crippen MR) is 94.2 cm³/mol. The first-order chi connectivity index (χ1) is 11.5. The van der Waals surface area contributed by atoms with Crippen molar-refractivity contribution in [3.8, 4) is 0 Å². The minimum Gasteiger partial charge on any atom is -0.444 e. The van der Waals surface area contributed by atoms with Crippen LogP contribution < -0.4 is 0 Å². The van der Waals surface area contributed by atoms with Crippen molar-refractivity contribution in [3.63, 3.8) is 0 Å². The lowest BCUT2D eigenvalue weighted by atomic mass is 10.0. The highest BCUT2D eigenvalue weighted by molar-refractivity contribution is 9.10. The standard InChI is InChI=1S/C17H22BrF2N3O2/c1-6-13-14(21-5)12(18)9-23(13)11-7-17(19,20)10-22(8-11)15(24)25-16(2,3)4/h9,11H,6-8,10H2,1-4H3/t11-/m1/s1. The van der Waals surface area contributed by atoms with Crippen molar-refractivity contribution in [1.82, 2.24) is 9.47 Å². The summed E-state index contributed by atoms with van der Waals surface area (Å²) in [5.41, 5.74) is 0.371. The molecule has 5 nitrogen and oxygen atoms in total. The third-order valence-corrected chi connectivity index (χ3v) is 4.52. The Morgan fingerprint density at radius 1 is 1.52 bits per heavy atom. The van der Waals surface area contributed by atoms with E-state index in [0.29, 0.717) is 22.3 Å². The number of ether oxygens (including phenoxy) is 1. The van der Waals surface area contributed by atoms with Gasteiger partial charge in [-0.05, 0) is 27.2 Å². The van der Waals surface area contributed by atoms with Crippen molar-refractivity contribution < 1.29 is 18.3 Å². The van der Waals surface area contributed by atoms with Gasteiger partial charge in [0.25, 0.3) is 5.92 Å². The number of rotatable bonds is 2. The maximum Gasteiger partial charge on any atom is 0.410 e. The van der Waals surface area contributed by atoms with E-state index in [0.717, 1.165) is 4.90 Å². The molecule has 0 spiro atoms. The molecule has 0 bridgehead atoms. The van der Waals surface area contributed by atoms with Crippen molar-refractivity contribution in [2.45, 2.75) is 58.1 Å². The first-order valence-electron chi connectivity index (χ1n) is 8.10. The zero-order chi connectivity index (χ0) is 19.0. The lowest BCUT2D eigenvalue weighted by Crippen LogP contribution is -2.51. The van der Waals surface area contributed by atoms with Gasteiger partial charge in [0.05, 0.1) is 19.2 Å². The number of piperidine rings is 1. The van der Waals surface area contributed by atoms with Gasteiger partial charge in [0.2, 0.25) is 5.69 Å². The molecule has 25 heavy (non-hydrogen) atoms. The van der Waals surface area contributed by atoms with E-state index in [4.69, 9.17) is 11.3 Å². The fourth-order valence-corrected chi connectivity index (χ4v) is 3.58. The lowest BCUT2D eigenvalue weighted by Gasteiger charge is -2.39. The van der Waals surface area contributed by atoms with Crippen LogP contribution in [0.25, 0.3) is 4.85 Å². The number of carbonyl (C=O) groups is 1. The van der Waals surface area contributed by atoms with Crippen LogP contribution in [0.3, 0.4) is 0 Å². The fraction of sp³-hybridized carbons (Fsp3) is 0.647. The molecule has 1 saturated heterocycles. The average molecular weight is 418 g/mol. The molecule has 1 fully saturated rings. The Morgan fingerprint density at radius 2 is 2.16 bits per heavy atom. The van der Waals surface area contributed by atoms with Crippen LogP contribution in [0.4, 0.5) is 19.3 Å². The maximum absolute atomic E-state index is 14.3. The first kappa shape index (κ1) is 19.7. The predicted octanol–water partition coefficient (Wildman–Crippen LogP) is 5.18. The van der Waals surface area contributed by atoms with E-state index < -0.39 is 30.2 Å². The van der Waals surface area contributed by atoms with Gasteiger partial charge in [0.15, 0.2) is 0 Å². The summed E-state index contributed by atoms with van der Waals surface area (Å²) in [5, 5.41) is 0. The van der Waals surface area contributed by atoms with Crippen molar-refractivity contribution >= 4 is 27.7 Å². The summed E-state index contributed by atoms with van der Waals surface area (Å²) in [5.74, 6) is -3.01. The number of alkyl halides is 2. The molecule has 2 rings (SSSR count). The van der Waals surface area contributed by atoms with Gasteiger partial charge in [0.1, 0.15) is 5.60 Å². The minimum absolute atomic E-state index is 0.121. The molecule has 1 aliphatic heterocycles. The summed E-state index contributed by atoms with van der Waals surface area (Å²) in [4.78, 5) is 16.8. The maximum atomic E-state index is 14.3. The fourth-order valence-electron chi connectivity index (χ4n) is 3.04. The third-order valence-electron chi connectivity index (χ3n) is 3.94. The normalized spacial score (nSPS) is 20.2. The molecular weight excluding hydrogens is 396 g/mol. The van der Waals surface area contributed by atoms with E-state index >= 15 is 0 Å². The summed E-state index contributed by atoms with van der Waals surface area (Å²) in [6.45, 7) is 13.7. The van der Waals surface area contributed by atoms with Crippen LogP contribution in [0.5, 0.6) is 0 Å². The van der Waals surface area contributed by atoms with Crippen LogP contribution >= 0.6 is 15.9 Å². The summed E-state index contributed by atoms with van der Waals surface area (Å²) >= 11 is 3.32. The average Bonchev–Trinajstić information content (AvgIpc) is 2.79. The molecule has 0 saturated carbocycles. The molecule has 2 heterocycles. The third kappa shape index (κ3) is 4.51. The van der Waals surface area contributed by atoms with Crippen LogP contribution in [0, 0.1) is 6.57 Å². The van der Waals surface area contributed by atoms with Crippen LogP contribution in [-0.4, -0.2) is 40.2 Å². The van der Waals surface area contributed by atoms with Crippen molar-refractivity contribution in [2.75, 3.05) is 13.1 Å². The number of nitrogens with zero attached hydrogens (tertiary/aromatic N) is 3. The summed E-state index contributed by atoms with van der Waals surface area (Å²) < 4.78 is 36.1. The number of aromatic nitrogens is 1. The van der Waals surface area contributed by atoms with Crippen molar-refractivity contribution in [2.24, 2.45) is 0 Å². The van der Waals surface area contributed by atoms with Crippen LogP contribution in [-0.2, 0) is 11.2 Å². The Morgan fingerprint density at radius 3 is 2.68 bits per heavy atom. The van der Waals surface area contributed by atoms with Gasteiger partial charge in [-0.15, -0.1) is 0 Å². The zero-order valence-electron chi connectivity index (χ0n) is 14.8. The number of hydrogen-bond donors (Lipinski definition) is 0. The molecule has 138 valence electrons.